The van der Waals surface area contributed by atoms with Crippen LogP contribution in [-0.4, -0.2) is 87.5 Å². The number of hydrogen-bond donors (Lipinski definition) is 6. The van der Waals surface area contributed by atoms with Crippen molar-refractivity contribution in [3.05, 3.63) is 48.6 Å². The predicted molar refractivity (Wildman–Crippen MR) is 323 cm³/mol. The molecule has 7 atom stereocenters. The summed E-state index contributed by atoms with van der Waals surface area (Å²) < 4.78 is 11.3. The maximum Gasteiger partial charge on any atom is 0.220 e. The normalized spacial score (nSPS) is 19.1. The van der Waals surface area contributed by atoms with Crippen LogP contribution < -0.4 is 5.32 Å². The summed E-state index contributed by atoms with van der Waals surface area (Å²) in [5, 5.41) is 54.5. The first-order valence-corrected chi connectivity index (χ1v) is 32.9. The first kappa shape index (κ1) is 72.2. The van der Waals surface area contributed by atoms with Crippen molar-refractivity contribution in [1.82, 2.24) is 5.32 Å². The number of hydrogen-bond acceptors (Lipinski definition) is 8. The zero-order chi connectivity index (χ0) is 55.0. The Labute approximate surface area is 469 Å². The monoisotopic (exact) mass is 1070 g/mol. The molecule has 7 unspecified atom stereocenters. The molecule has 1 fully saturated rings. The van der Waals surface area contributed by atoms with Gasteiger partial charge < -0.3 is 40.3 Å². The minimum atomic E-state index is -1.57. The molecule has 1 heterocycles. The van der Waals surface area contributed by atoms with E-state index in [1.807, 2.05) is 6.08 Å². The molecule has 0 spiro atoms. The molecular weight excluding hydrogens is 947 g/mol. The van der Waals surface area contributed by atoms with Gasteiger partial charge in [-0.1, -0.05) is 294 Å². The number of ether oxygens (including phenoxy) is 2. The summed E-state index contributed by atoms with van der Waals surface area (Å²) in [5.74, 6) is -0.182. The Bertz CT molecular complexity index is 1340. The van der Waals surface area contributed by atoms with Crippen molar-refractivity contribution in [1.29, 1.82) is 0 Å². The van der Waals surface area contributed by atoms with Crippen LogP contribution >= 0.6 is 0 Å². The molecule has 446 valence electrons. The average molecular weight is 1070 g/mol. The fraction of sp³-hybridized carbons (Fsp3) is 0.866. The number of aliphatic hydroxyl groups excluding tert-OH is 5. The highest BCUT2D eigenvalue weighted by Gasteiger charge is 2.44. The van der Waals surface area contributed by atoms with Gasteiger partial charge in [0.15, 0.2) is 6.29 Å². The predicted octanol–water partition coefficient (Wildman–Crippen LogP) is 17.2. The van der Waals surface area contributed by atoms with Crippen molar-refractivity contribution < 1.29 is 39.8 Å². The second kappa shape index (κ2) is 56.4. The van der Waals surface area contributed by atoms with Crippen molar-refractivity contribution >= 4 is 5.91 Å². The SMILES string of the molecule is CCCCCCC/C=C\C/C=C\CCCCCCCCCCCCCCCCCCCCCCCCCCCC(=O)NC(COC1OC(CO)C(O)C(O)C1O)C(O)/C=C/CC/C=C/CCCCCCCCCCCC. The molecule has 0 aliphatic carbocycles. The number of allylic oxidation sites excluding steroid dienone is 7. The number of unbranched alkanes of at least 4 members (excludes halogenated alkanes) is 41. The Morgan fingerprint density at radius 2 is 0.789 bits per heavy atom. The molecule has 9 nitrogen and oxygen atoms in total. The van der Waals surface area contributed by atoms with Crippen molar-refractivity contribution in [2.75, 3.05) is 13.2 Å². The van der Waals surface area contributed by atoms with Crippen LogP contribution in [0.2, 0.25) is 0 Å². The molecule has 1 aliphatic rings. The molecule has 0 saturated carbocycles. The van der Waals surface area contributed by atoms with E-state index in [9.17, 15) is 30.3 Å². The number of carbonyl (C=O) groups excluding carboxylic acids is 1. The lowest BCUT2D eigenvalue weighted by Gasteiger charge is -2.40. The molecule has 0 aromatic carbocycles. The van der Waals surface area contributed by atoms with Gasteiger partial charge in [0.1, 0.15) is 24.4 Å². The van der Waals surface area contributed by atoms with Gasteiger partial charge in [0.2, 0.25) is 5.91 Å². The summed E-state index contributed by atoms with van der Waals surface area (Å²) in [5.41, 5.74) is 0. The van der Waals surface area contributed by atoms with Gasteiger partial charge in [-0.3, -0.25) is 4.79 Å². The van der Waals surface area contributed by atoms with Crippen molar-refractivity contribution in [3.63, 3.8) is 0 Å². The molecule has 1 rings (SSSR count). The van der Waals surface area contributed by atoms with Gasteiger partial charge in [-0.05, 0) is 64.2 Å². The highest BCUT2D eigenvalue weighted by Crippen LogP contribution is 2.23. The molecule has 6 N–H and O–H groups in total. The van der Waals surface area contributed by atoms with Gasteiger partial charge in [0.25, 0.3) is 0 Å². The van der Waals surface area contributed by atoms with Crippen LogP contribution in [0, 0.1) is 0 Å². The van der Waals surface area contributed by atoms with E-state index in [1.165, 1.54) is 250 Å². The topological polar surface area (TPSA) is 149 Å². The number of aliphatic hydroxyl groups is 5. The van der Waals surface area contributed by atoms with Crippen LogP contribution in [0.25, 0.3) is 0 Å². The molecule has 1 saturated heterocycles. The number of rotatable bonds is 57. The van der Waals surface area contributed by atoms with Gasteiger partial charge in [0.05, 0.1) is 25.4 Å². The van der Waals surface area contributed by atoms with Crippen LogP contribution in [0.3, 0.4) is 0 Å². The number of carbonyl (C=O) groups is 1. The first-order chi connectivity index (χ1) is 37.3. The molecule has 9 heteroatoms. The molecule has 1 amide bonds. The van der Waals surface area contributed by atoms with E-state index < -0.39 is 49.5 Å². The first-order valence-electron chi connectivity index (χ1n) is 32.9. The van der Waals surface area contributed by atoms with Gasteiger partial charge in [-0.25, -0.2) is 0 Å². The average Bonchev–Trinajstić information content (AvgIpc) is 3.42. The Hall–Kier alpha value is -1.85. The van der Waals surface area contributed by atoms with Crippen molar-refractivity contribution in [3.8, 4) is 0 Å². The smallest absolute Gasteiger partial charge is 0.220 e. The fourth-order valence-corrected chi connectivity index (χ4v) is 10.4. The highest BCUT2D eigenvalue weighted by molar-refractivity contribution is 5.76. The van der Waals surface area contributed by atoms with Gasteiger partial charge in [0, 0.05) is 6.42 Å². The second-order valence-corrected chi connectivity index (χ2v) is 22.9. The van der Waals surface area contributed by atoms with Crippen LogP contribution in [0.4, 0.5) is 0 Å². The van der Waals surface area contributed by atoms with E-state index in [-0.39, 0.29) is 12.5 Å². The Kier molecular flexibility index (Phi) is 53.6. The third-order valence-corrected chi connectivity index (χ3v) is 15.6. The van der Waals surface area contributed by atoms with Crippen LogP contribution in [-0.2, 0) is 14.3 Å². The van der Waals surface area contributed by atoms with Crippen molar-refractivity contribution in [2.45, 2.75) is 358 Å². The molecular formula is C67H125NO8. The zero-order valence-corrected chi connectivity index (χ0v) is 49.8. The maximum atomic E-state index is 13.1. The summed E-state index contributed by atoms with van der Waals surface area (Å²) in [6.45, 7) is 3.78. The van der Waals surface area contributed by atoms with E-state index in [0.29, 0.717) is 6.42 Å². The summed E-state index contributed by atoms with van der Waals surface area (Å²) in [6, 6.07) is -0.821. The van der Waals surface area contributed by atoms with E-state index in [2.05, 4.69) is 55.6 Å². The lowest BCUT2D eigenvalue weighted by atomic mass is 9.99. The van der Waals surface area contributed by atoms with Gasteiger partial charge in [-0.2, -0.15) is 0 Å². The maximum absolute atomic E-state index is 13.1. The minimum Gasteiger partial charge on any atom is -0.394 e. The van der Waals surface area contributed by atoms with E-state index in [0.717, 1.165) is 44.9 Å². The van der Waals surface area contributed by atoms with Gasteiger partial charge in [-0.15, -0.1) is 0 Å². The Morgan fingerprint density at radius 1 is 0.447 bits per heavy atom. The zero-order valence-electron chi connectivity index (χ0n) is 49.8. The van der Waals surface area contributed by atoms with E-state index in [1.54, 1.807) is 6.08 Å². The number of nitrogens with one attached hydrogen (secondary N) is 1. The lowest BCUT2D eigenvalue weighted by Crippen LogP contribution is -2.60. The molecule has 76 heavy (non-hydrogen) atoms. The summed E-state index contributed by atoms with van der Waals surface area (Å²) in [6.07, 6.45) is 69.4. The molecule has 0 aromatic heterocycles. The Morgan fingerprint density at radius 3 is 1.18 bits per heavy atom. The summed E-state index contributed by atoms with van der Waals surface area (Å²) >= 11 is 0. The lowest BCUT2D eigenvalue weighted by molar-refractivity contribution is -0.302. The summed E-state index contributed by atoms with van der Waals surface area (Å²) in [4.78, 5) is 13.1. The van der Waals surface area contributed by atoms with Crippen LogP contribution in [0.15, 0.2) is 48.6 Å². The van der Waals surface area contributed by atoms with Crippen LogP contribution in [0.1, 0.15) is 316 Å². The quantitative estimate of drug-likeness (QED) is 0.0261. The standard InChI is InChI=1S/C67H125NO8/c1-3-5-7-9-11-13-15-17-19-21-22-23-24-25-26-27-28-29-30-31-32-33-34-35-36-37-38-39-40-41-43-45-47-49-51-53-55-57-63(71)68-60(59-75-67-66(74)65(73)64(72)62(58-69)76-67)61(70)56-54-52-50-48-46-44-42-20-18-16-14-12-10-8-6-4-2/h15,17,21-22,46,48,54,56,60-62,64-67,69-70,72-74H,3-14,16,18-20,23-45,47,49-53,55,57-59H2,1-2H3,(H,68,71)/b17-15-,22-21-,48-46+,56-54+. The molecule has 0 aromatic rings. The second-order valence-electron chi connectivity index (χ2n) is 22.9. The molecule has 0 bridgehead atoms. The summed E-state index contributed by atoms with van der Waals surface area (Å²) in [7, 11) is 0. The molecule has 0 radical (unpaired) electrons. The third kappa shape index (κ3) is 44.9. The minimum absolute atomic E-state index is 0.182. The molecule has 1 aliphatic heterocycles. The van der Waals surface area contributed by atoms with Crippen LogP contribution in [0.5, 0.6) is 0 Å². The largest absolute Gasteiger partial charge is 0.394 e. The Balaban J connectivity index is 2.07. The van der Waals surface area contributed by atoms with E-state index >= 15 is 0 Å². The van der Waals surface area contributed by atoms with Crippen molar-refractivity contribution in [2.24, 2.45) is 0 Å². The fourth-order valence-electron chi connectivity index (χ4n) is 10.4. The number of amides is 1. The third-order valence-electron chi connectivity index (χ3n) is 15.6. The van der Waals surface area contributed by atoms with Gasteiger partial charge >= 0.3 is 0 Å². The van der Waals surface area contributed by atoms with E-state index in [4.69, 9.17) is 9.47 Å². The highest BCUT2D eigenvalue weighted by atomic mass is 16.7.